The van der Waals surface area contributed by atoms with Gasteiger partial charge in [-0.1, -0.05) is 22.9 Å². The molecular weight excluding hydrogens is 270 g/mol. The van der Waals surface area contributed by atoms with Crippen LogP contribution in [0, 0.1) is 5.41 Å². The van der Waals surface area contributed by atoms with Gasteiger partial charge in [0.1, 0.15) is 0 Å². The van der Waals surface area contributed by atoms with E-state index in [1.54, 1.807) is 7.11 Å². The zero-order valence-electron chi connectivity index (χ0n) is 10.5. The minimum absolute atomic E-state index is 0.405. The lowest BCUT2D eigenvalue weighted by molar-refractivity contribution is 0.00552. The second kappa shape index (κ2) is 7.64. The topological polar surface area (TPSA) is 21.7 Å². The van der Waals surface area contributed by atoms with Crippen molar-refractivity contribution in [1.29, 1.82) is 0 Å². The summed E-state index contributed by atoms with van der Waals surface area (Å²) in [5.74, 6) is 0. The van der Waals surface area contributed by atoms with Crippen molar-refractivity contribution in [2.24, 2.45) is 5.41 Å². The molecular formula is C12H24BrNO2. The van der Waals surface area contributed by atoms with Gasteiger partial charge in [0, 0.05) is 38.7 Å². The van der Waals surface area contributed by atoms with Crippen LogP contribution in [0.1, 0.15) is 19.8 Å². The van der Waals surface area contributed by atoms with E-state index in [1.165, 1.54) is 12.8 Å². The molecule has 96 valence electrons. The van der Waals surface area contributed by atoms with Crippen LogP contribution >= 0.6 is 15.9 Å². The van der Waals surface area contributed by atoms with Gasteiger partial charge in [0.25, 0.3) is 0 Å². The van der Waals surface area contributed by atoms with Crippen LogP contribution < -0.4 is 0 Å². The number of likely N-dealkylation sites (N-methyl/N-ethyl adjacent to an activating group) is 1. The van der Waals surface area contributed by atoms with Crippen molar-refractivity contribution in [3.05, 3.63) is 0 Å². The summed E-state index contributed by atoms with van der Waals surface area (Å²) in [5, 5.41) is 1.08. The summed E-state index contributed by atoms with van der Waals surface area (Å²) >= 11 is 3.68. The van der Waals surface area contributed by atoms with Gasteiger partial charge in [-0.3, -0.25) is 0 Å². The number of halogens is 1. The molecule has 3 nitrogen and oxygen atoms in total. The number of alkyl halides is 1. The number of hydrogen-bond acceptors (Lipinski definition) is 3. The molecule has 1 saturated heterocycles. The smallest absolute Gasteiger partial charge is 0.0589 e. The third kappa shape index (κ3) is 4.32. The van der Waals surface area contributed by atoms with Gasteiger partial charge < -0.3 is 14.4 Å². The first-order valence-electron chi connectivity index (χ1n) is 6.11. The molecule has 1 fully saturated rings. The van der Waals surface area contributed by atoms with E-state index < -0.39 is 0 Å². The predicted octanol–water partition coefficient (Wildman–Crippen LogP) is 2.15. The van der Waals surface area contributed by atoms with Gasteiger partial charge in [-0.15, -0.1) is 0 Å². The normalized spacial score (nSPS) is 20.2. The summed E-state index contributed by atoms with van der Waals surface area (Å²) < 4.78 is 10.6. The fourth-order valence-electron chi connectivity index (χ4n) is 2.18. The SMILES string of the molecule is CCN(CCOC)CC1(CBr)CCOCC1. The van der Waals surface area contributed by atoms with Gasteiger partial charge in [0.15, 0.2) is 0 Å². The van der Waals surface area contributed by atoms with Gasteiger partial charge >= 0.3 is 0 Å². The molecule has 0 radical (unpaired) electrons. The van der Waals surface area contributed by atoms with E-state index in [2.05, 4.69) is 27.8 Å². The molecule has 1 aliphatic heterocycles. The first kappa shape index (κ1) is 14.4. The third-order valence-corrected chi connectivity index (χ3v) is 4.64. The predicted molar refractivity (Wildman–Crippen MR) is 70.3 cm³/mol. The molecule has 1 heterocycles. The maximum atomic E-state index is 5.46. The van der Waals surface area contributed by atoms with Crippen molar-refractivity contribution >= 4 is 15.9 Å². The molecule has 1 rings (SSSR count). The van der Waals surface area contributed by atoms with E-state index in [9.17, 15) is 0 Å². The zero-order valence-corrected chi connectivity index (χ0v) is 12.1. The number of hydrogen-bond donors (Lipinski definition) is 0. The van der Waals surface area contributed by atoms with E-state index >= 15 is 0 Å². The lowest BCUT2D eigenvalue weighted by atomic mass is 9.82. The summed E-state index contributed by atoms with van der Waals surface area (Å²) in [6, 6.07) is 0. The Hall–Kier alpha value is 0.360. The van der Waals surface area contributed by atoms with Crippen LogP contribution in [0.4, 0.5) is 0 Å². The van der Waals surface area contributed by atoms with Crippen LogP contribution in [0.2, 0.25) is 0 Å². The summed E-state index contributed by atoms with van der Waals surface area (Å²) in [5.41, 5.74) is 0.405. The van der Waals surface area contributed by atoms with Crippen molar-refractivity contribution < 1.29 is 9.47 Å². The van der Waals surface area contributed by atoms with Crippen molar-refractivity contribution in [2.75, 3.05) is 51.9 Å². The molecule has 0 aromatic carbocycles. The molecule has 0 amide bonds. The molecule has 0 spiro atoms. The number of ether oxygens (including phenoxy) is 2. The highest BCUT2D eigenvalue weighted by Gasteiger charge is 2.32. The zero-order chi connectivity index (χ0) is 11.9. The Bertz CT molecular complexity index is 184. The molecule has 0 aromatic heterocycles. The van der Waals surface area contributed by atoms with E-state index in [-0.39, 0.29) is 0 Å². The maximum absolute atomic E-state index is 5.46. The number of rotatable bonds is 7. The third-order valence-electron chi connectivity index (χ3n) is 3.45. The molecule has 0 unspecified atom stereocenters. The van der Waals surface area contributed by atoms with Crippen LogP contribution in [0.15, 0.2) is 0 Å². The highest BCUT2D eigenvalue weighted by molar-refractivity contribution is 9.09. The Kier molecular flexibility index (Phi) is 6.89. The standard InChI is InChI=1S/C12H24BrNO2/c1-3-14(6-9-15-2)11-12(10-13)4-7-16-8-5-12/h3-11H2,1-2H3. The van der Waals surface area contributed by atoms with Crippen LogP contribution in [0.3, 0.4) is 0 Å². The second-order valence-corrected chi connectivity index (χ2v) is 5.17. The Labute approximate surface area is 108 Å². The van der Waals surface area contributed by atoms with Crippen molar-refractivity contribution in [2.45, 2.75) is 19.8 Å². The van der Waals surface area contributed by atoms with Crippen molar-refractivity contribution in [3.8, 4) is 0 Å². The molecule has 0 atom stereocenters. The summed E-state index contributed by atoms with van der Waals surface area (Å²) in [6.07, 6.45) is 2.34. The van der Waals surface area contributed by atoms with Gasteiger partial charge in [-0.05, 0) is 24.8 Å². The average molecular weight is 294 g/mol. The monoisotopic (exact) mass is 293 g/mol. The van der Waals surface area contributed by atoms with E-state index in [4.69, 9.17) is 9.47 Å². The van der Waals surface area contributed by atoms with E-state index in [0.717, 1.165) is 44.8 Å². The molecule has 0 bridgehead atoms. The first-order valence-corrected chi connectivity index (χ1v) is 7.23. The van der Waals surface area contributed by atoms with Crippen LogP contribution in [0.25, 0.3) is 0 Å². The molecule has 1 aliphatic rings. The second-order valence-electron chi connectivity index (χ2n) is 4.61. The summed E-state index contributed by atoms with van der Waals surface area (Å²) in [7, 11) is 1.77. The quantitative estimate of drug-likeness (QED) is 0.672. The van der Waals surface area contributed by atoms with Gasteiger partial charge in [0.2, 0.25) is 0 Å². The van der Waals surface area contributed by atoms with Crippen LogP contribution in [0.5, 0.6) is 0 Å². The lowest BCUT2D eigenvalue weighted by Gasteiger charge is -2.39. The average Bonchev–Trinajstić information content (AvgIpc) is 2.35. The largest absolute Gasteiger partial charge is 0.383 e. The van der Waals surface area contributed by atoms with Gasteiger partial charge in [-0.25, -0.2) is 0 Å². The van der Waals surface area contributed by atoms with E-state index in [0.29, 0.717) is 5.41 Å². The Morgan fingerprint density at radius 2 is 2.06 bits per heavy atom. The van der Waals surface area contributed by atoms with Crippen LogP contribution in [-0.4, -0.2) is 56.8 Å². The minimum atomic E-state index is 0.405. The maximum Gasteiger partial charge on any atom is 0.0589 e. The lowest BCUT2D eigenvalue weighted by Crippen LogP contribution is -2.43. The summed E-state index contributed by atoms with van der Waals surface area (Å²) in [6.45, 7) is 8.14. The Morgan fingerprint density at radius 3 is 2.56 bits per heavy atom. The van der Waals surface area contributed by atoms with Crippen molar-refractivity contribution in [1.82, 2.24) is 4.90 Å². The highest BCUT2D eigenvalue weighted by atomic mass is 79.9. The number of nitrogens with zero attached hydrogens (tertiary/aromatic N) is 1. The number of methoxy groups -OCH3 is 1. The molecule has 0 aliphatic carbocycles. The first-order chi connectivity index (χ1) is 7.76. The fourth-order valence-corrected chi connectivity index (χ4v) is 2.92. The summed E-state index contributed by atoms with van der Waals surface area (Å²) in [4.78, 5) is 2.48. The fraction of sp³-hybridized carbons (Fsp3) is 1.00. The Morgan fingerprint density at radius 1 is 1.38 bits per heavy atom. The van der Waals surface area contributed by atoms with E-state index in [1.807, 2.05) is 0 Å². The highest BCUT2D eigenvalue weighted by Crippen LogP contribution is 2.33. The molecule has 0 aromatic rings. The van der Waals surface area contributed by atoms with Crippen LogP contribution in [-0.2, 0) is 9.47 Å². The van der Waals surface area contributed by atoms with Crippen molar-refractivity contribution in [3.63, 3.8) is 0 Å². The molecule has 0 N–H and O–H groups in total. The van der Waals surface area contributed by atoms with Gasteiger partial charge in [-0.2, -0.15) is 0 Å². The minimum Gasteiger partial charge on any atom is -0.383 e. The Balaban J connectivity index is 2.45. The molecule has 16 heavy (non-hydrogen) atoms. The molecule has 0 saturated carbocycles. The van der Waals surface area contributed by atoms with Gasteiger partial charge in [0.05, 0.1) is 6.61 Å². The molecule has 4 heteroatoms.